The Bertz CT molecular complexity index is 856. The number of anilines is 1. The SMILES string of the molecule is COc1ccccc1NC(=O)NCCCc1cccc2ccccc12. The Balaban J connectivity index is 1.50. The lowest BCUT2D eigenvalue weighted by Gasteiger charge is -2.11. The zero-order valence-corrected chi connectivity index (χ0v) is 14.3. The quantitative estimate of drug-likeness (QED) is 0.647. The second kappa shape index (κ2) is 8.20. The van der Waals surface area contributed by atoms with Crippen LogP contribution in [0.1, 0.15) is 12.0 Å². The van der Waals surface area contributed by atoms with Crippen LogP contribution >= 0.6 is 0 Å². The van der Waals surface area contributed by atoms with Crippen molar-refractivity contribution in [1.82, 2.24) is 5.32 Å². The molecule has 2 amide bonds. The molecular weight excluding hydrogens is 312 g/mol. The van der Waals surface area contributed by atoms with Gasteiger partial charge >= 0.3 is 6.03 Å². The summed E-state index contributed by atoms with van der Waals surface area (Å²) < 4.78 is 5.23. The number of aryl methyl sites for hydroxylation is 1. The lowest BCUT2D eigenvalue weighted by atomic mass is 10.0. The number of urea groups is 1. The van der Waals surface area contributed by atoms with Crippen LogP contribution in [0.2, 0.25) is 0 Å². The van der Waals surface area contributed by atoms with Crippen LogP contribution in [-0.2, 0) is 6.42 Å². The molecular formula is C21H22N2O2. The van der Waals surface area contributed by atoms with Gasteiger partial charge in [-0.3, -0.25) is 0 Å². The first-order chi connectivity index (χ1) is 12.3. The fourth-order valence-corrected chi connectivity index (χ4v) is 2.91. The highest BCUT2D eigenvalue weighted by atomic mass is 16.5. The lowest BCUT2D eigenvalue weighted by molar-refractivity contribution is 0.252. The van der Waals surface area contributed by atoms with Gasteiger partial charge in [0.05, 0.1) is 12.8 Å². The first-order valence-corrected chi connectivity index (χ1v) is 8.42. The number of hydrogen-bond acceptors (Lipinski definition) is 2. The van der Waals surface area contributed by atoms with Crippen molar-refractivity contribution >= 4 is 22.5 Å². The van der Waals surface area contributed by atoms with Crippen LogP contribution in [0.15, 0.2) is 66.7 Å². The molecule has 3 aromatic rings. The average molecular weight is 334 g/mol. The number of nitrogens with one attached hydrogen (secondary N) is 2. The Labute approximate surface area is 147 Å². The molecule has 0 radical (unpaired) electrons. The zero-order chi connectivity index (χ0) is 17.5. The molecule has 0 fully saturated rings. The number of rotatable bonds is 6. The number of amides is 2. The van der Waals surface area contributed by atoms with Crippen molar-refractivity contribution in [3.63, 3.8) is 0 Å². The van der Waals surface area contributed by atoms with E-state index in [1.165, 1.54) is 16.3 Å². The van der Waals surface area contributed by atoms with E-state index in [9.17, 15) is 4.79 Å². The van der Waals surface area contributed by atoms with Gasteiger partial charge in [0.2, 0.25) is 0 Å². The van der Waals surface area contributed by atoms with Crippen LogP contribution in [-0.4, -0.2) is 19.7 Å². The van der Waals surface area contributed by atoms with Crippen molar-refractivity contribution in [2.75, 3.05) is 19.0 Å². The van der Waals surface area contributed by atoms with Gasteiger partial charge in [0.1, 0.15) is 5.75 Å². The minimum absolute atomic E-state index is 0.220. The number of benzene rings is 3. The van der Waals surface area contributed by atoms with Gasteiger partial charge in [-0.1, -0.05) is 54.6 Å². The predicted molar refractivity (Wildman–Crippen MR) is 102 cm³/mol. The summed E-state index contributed by atoms with van der Waals surface area (Å²) in [5.74, 6) is 0.647. The van der Waals surface area contributed by atoms with Crippen molar-refractivity contribution in [3.8, 4) is 5.75 Å². The Morgan fingerprint density at radius 2 is 1.72 bits per heavy atom. The van der Waals surface area contributed by atoms with Gasteiger partial charge in [0.15, 0.2) is 0 Å². The maximum atomic E-state index is 12.0. The standard InChI is InChI=1S/C21H22N2O2/c1-25-20-14-5-4-13-19(20)23-21(24)22-15-7-11-17-10-6-9-16-8-2-3-12-18(16)17/h2-6,8-10,12-14H,7,11,15H2,1H3,(H2,22,23,24). The highest BCUT2D eigenvalue weighted by molar-refractivity contribution is 5.90. The van der Waals surface area contributed by atoms with E-state index in [1.54, 1.807) is 7.11 Å². The van der Waals surface area contributed by atoms with Gasteiger partial charge < -0.3 is 15.4 Å². The highest BCUT2D eigenvalue weighted by Crippen LogP contribution is 2.23. The zero-order valence-electron chi connectivity index (χ0n) is 14.3. The van der Waals surface area contributed by atoms with E-state index in [0.717, 1.165) is 12.8 Å². The Kier molecular flexibility index (Phi) is 5.52. The number of carbonyl (C=O) groups excluding carboxylic acids is 1. The minimum atomic E-state index is -0.220. The van der Waals surface area contributed by atoms with Crippen molar-refractivity contribution in [1.29, 1.82) is 0 Å². The van der Waals surface area contributed by atoms with Crippen LogP contribution in [0.3, 0.4) is 0 Å². The molecule has 25 heavy (non-hydrogen) atoms. The molecule has 3 rings (SSSR count). The summed E-state index contributed by atoms with van der Waals surface area (Å²) >= 11 is 0. The van der Waals surface area contributed by atoms with Crippen LogP contribution in [0.5, 0.6) is 5.75 Å². The number of para-hydroxylation sites is 2. The van der Waals surface area contributed by atoms with E-state index in [-0.39, 0.29) is 6.03 Å². The smallest absolute Gasteiger partial charge is 0.319 e. The van der Waals surface area contributed by atoms with E-state index < -0.39 is 0 Å². The van der Waals surface area contributed by atoms with Gasteiger partial charge in [0.25, 0.3) is 0 Å². The van der Waals surface area contributed by atoms with Crippen LogP contribution in [0.4, 0.5) is 10.5 Å². The molecule has 0 aliphatic rings. The molecule has 0 unspecified atom stereocenters. The molecule has 0 aliphatic carbocycles. The average Bonchev–Trinajstić information content (AvgIpc) is 2.66. The molecule has 3 aromatic carbocycles. The Hall–Kier alpha value is -3.01. The third kappa shape index (κ3) is 4.29. The van der Waals surface area contributed by atoms with E-state index in [1.807, 2.05) is 24.3 Å². The number of fused-ring (bicyclic) bond motifs is 1. The molecule has 2 N–H and O–H groups in total. The Morgan fingerprint density at radius 3 is 2.60 bits per heavy atom. The van der Waals surface area contributed by atoms with Crippen LogP contribution in [0, 0.1) is 0 Å². The molecule has 0 atom stereocenters. The largest absolute Gasteiger partial charge is 0.495 e. The van der Waals surface area contributed by atoms with Crippen molar-refractivity contribution < 1.29 is 9.53 Å². The molecule has 0 aliphatic heterocycles. The molecule has 0 aromatic heterocycles. The molecule has 0 heterocycles. The lowest BCUT2D eigenvalue weighted by Crippen LogP contribution is -2.29. The Morgan fingerprint density at radius 1 is 0.960 bits per heavy atom. The minimum Gasteiger partial charge on any atom is -0.495 e. The molecule has 128 valence electrons. The summed E-state index contributed by atoms with van der Waals surface area (Å²) in [5, 5.41) is 8.24. The van der Waals surface area contributed by atoms with E-state index in [2.05, 4.69) is 53.1 Å². The third-order valence-corrected chi connectivity index (χ3v) is 4.14. The summed E-state index contributed by atoms with van der Waals surface area (Å²) in [6.45, 7) is 0.615. The first kappa shape index (κ1) is 16.8. The van der Waals surface area contributed by atoms with Crippen molar-refractivity contribution in [2.45, 2.75) is 12.8 Å². The van der Waals surface area contributed by atoms with Crippen molar-refractivity contribution in [2.24, 2.45) is 0 Å². The first-order valence-electron chi connectivity index (χ1n) is 8.42. The summed E-state index contributed by atoms with van der Waals surface area (Å²) in [6.07, 6.45) is 1.81. The van der Waals surface area contributed by atoms with Crippen LogP contribution < -0.4 is 15.4 Å². The van der Waals surface area contributed by atoms with E-state index in [0.29, 0.717) is 18.0 Å². The third-order valence-electron chi connectivity index (χ3n) is 4.14. The van der Waals surface area contributed by atoms with Crippen molar-refractivity contribution in [3.05, 3.63) is 72.3 Å². The van der Waals surface area contributed by atoms with E-state index in [4.69, 9.17) is 4.74 Å². The van der Waals surface area contributed by atoms with Gasteiger partial charge in [-0.2, -0.15) is 0 Å². The maximum Gasteiger partial charge on any atom is 0.319 e. The fourth-order valence-electron chi connectivity index (χ4n) is 2.91. The summed E-state index contributed by atoms with van der Waals surface area (Å²) in [5.41, 5.74) is 1.97. The normalized spacial score (nSPS) is 10.4. The second-order valence-electron chi connectivity index (χ2n) is 5.82. The fraction of sp³-hybridized carbons (Fsp3) is 0.190. The number of ether oxygens (including phenoxy) is 1. The maximum absolute atomic E-state index is 12.0. The summed E-state index contributed by atoms with van der Waals surface area (Å²) in [7, 11) is 1.59. The van der Waals surface area contributed by atoms with Crippen LogP contribution in [0.25, 0.3) is 10.8 Å². The molecule has 0 spiro atoms. The summed E-state index contributed by atoms with van der Waals surface area (Å²) in [4.78, 5) is 12.0. The second-order valence-corrected chi connectivity index (χ2v) is 5.82. The molecule has 4 heteroatoms. The molecule has 0 saturated heterocycles. The molecule has 0 saturated carbocycles. The number of methoxy groups -OCH3 is 1. The van der Waals surface area contributed by atoms with E-state index >= 15 is 0 Å². The monoisotopic (exact) mass is 334 g/mol. The molecule has 0 bridgehead atoms. The van der Waals surface area contributed by atoms with Gasteiger partial charge in [-0.25, -0.2) is 4.79 Å². The number of carbonyl (C=O) groups is 1. The summed E-state index contributed by atoms with van der Waals surface area (Å²) in [6, 6.07) is 21.9. The topological polar surface area (TPSA) is 50.4 Å². The van der Waals surface area contributed by atoms with Gasteiger partial charge in [-0.15, -0.1) is 0 Å². The highest BCUT2D eigenvalue weighted by Gasteiger charge is 2.06. The number of hydrogen-bond donors (Lipinski definition) is 2. The van der Waals surface area contributed by atoms with Gasteiger partial charge in [0, 0.05) is 6.54 Å². The van der Waals surface area contributed by atoms with Gasteiger partial charge in [-0.05, 0) is 41.3 Å². The molecule has 4 nitrogen and oxygen atoms in total. The predicted octanol–water partition coefficient (Wildman–Crippen LogP) is 4.60.